The summed E-state index contributed by atoms with van der Waals surface area (Å²) in [4.78, 5) is 31.0. The van der Waals surface area contributed by atoms with E-state index in [1.165, 1.54) is 12.8 Å². The molecule has 2 aliphatic rings. The monoisotopic (exact) mass is 370 g/mol. The topological polar surface area (TPSA) is 85.4 Å². The van der Waals surface area contributed by atoms with Gasteiger partial charge in [-0.05, 0) is 53.8 Å². The van der Waals surface area contributed by atoms with Gasteiger partial charge in [-0.2, -0.15) is 0 Å². The van der Waals surface area contributed by atoms with Gasteiger partial charge in [0.05, 0.1) is 6.61 Å². The largest absolute Gasteiger partial charge is 0.444 e. The molecule has 0 radical (unpaired) electrons. The molecule has 0 aromatic rings. The maximum atomic E-state index is 12.6. The number of aliphatic hydroxyl groups is 1. The average Bonchev–Trinajstić information content (AvgIpc) is 2.58. The van der Waals surface area contributed by atoms with E-state index >= 15 is 0 Å². The van der Waals surface area contributed by atoms with Gasteiger partial charge in [0.2, 0.25) is 5.91 Å². The molecule has 2 rings (SSSR count). The van der Waals surface area contributed by atoms with Crippen LogP contribution in [0.25, 0.3) is 0 Å². The number of nitrogens with one attached hydrogen (secondary N) is 1. The predicted octanol–water partition coefficient (Wildman–Crippen LogP) is 0.110. The second-order valence-electron chi connectivity index (χ2n) is 8.28. The molecule has 150 valence electrons. The first kappa shape index (κ1) is 20.9. The zero-order valence-electron chi connectivity index (χ0n) is 16.5. The molecule has 0 bridgehead atoms. The van der Waals surface area contributed by atoms with Crippen LogP contribution in [0.2, 0.25) is 0 Å². The Bertz CT molecular complexity index is 478. The zero-order chi connectivity index (χ0) is 19.3. The lowest BCUT2D eigenvalue weighted by Crippen LogP contribution is -2.58. The lowest BCUT2D eigenvalue weighted by molar-refractivity contribution is -0.136. The summed E-state index contributed by atoms with van der Waals surface area (Å²) in [6.07, 6.45) is 1.66. The number of piperazine rings is 1. The fraction of sp³-hybridized carbons (Fsp3) is 0.889. The number of piperidine rings is 1. The maximum Gasteiger partial charge on any atom is 0.408 e. The van der Waals surface area contributed by atoms with Gasteiger partial charge >= 0.3 is 6.09 Å². The second-order valence-corrected chi connectivity index (χ2v) is 8.28. The fourth-order valence-electron chi connectivity index (χ4n) is 3.52. The first-order chi connectivity index (χ1) is 12.2. The van der Waals surface area contributed by atoms with Crippen LogP contribution < -0.4 is 5.32 Å². The minimum atomic E-state index is -0.959. The highest BCUT2D eigenvalue weighted by Crippen LogP contribution is 2.17. The molecule has 2 amide bonds. The Morgan fingerprint density at radius 3 is 2.19 bits per heavy atom. The molecule has 2 saturated heterocycles. The van der Waals surface area contributed by atoms with Crippen molar-refractivity contribution in [1.29, 1.82) is 0 Å². The van der Waals surface area contributed by atoms with Crippen LogP contribution in [0.4, 0.5) is 4.79 Å². The van der Waals surface area contributed by atoms with Gasteiger partial charge in [0.25, 0.3) is 0 Å². The first-order valence-electron chi connectivity index (χ1n) is 9.51. The van der Waals surface area contributed by atoms with E-state index < -0.39 is 24.3 Å². The smallest absolute Gasteiger partial charge is 0.408 e. The Morgan fingerprint density at radius 1 is 1.12 bits per heavy atom. The van der Waals surface area contributed by atoms with Crippen molar-refractivity contribution < 1.29 is 19.4 Å². The van der Waals surface area contributed by atoms with Crippen LogP contribution in [-0.2, 0) is 9.53 Å². The Kier molecular flexibility index (Phi) is 7.25. The molecule has 0 aliphatic carbocycles. The molecule has 8 heteroatoms. The number of ether oxygens (including phenoxy) is 1. The number of hydrogen-bond acceptors (Lipinski definition) is 6. The standard InChI is InChI=1S/C18H34N4O4/c1-18(2,3)26-17(25)19-15(13-23)16(24)22-11-9-21(10-12-22)14-5-7-20(4)8-6-14/h14-15,23H,5-13H2,1-4H3,(H,19,25)/t15-/m1/s1. The maximum absolute atomic E-state index is 12.6. The molecule has 2 N–H and O–H groups in total. The van der Waals surface area contributed by atoms with Gasteiger partial charge in [-0.3, -0.25) is 9.69 Å². The molecular formula is C18H34N4O4. The molecule has 8 nitrogen and oxygen atoms in total. The summed E-state index contributed by atoms with van der Waals surface area (Å²) in [5, 5.41) is 12.0. The summed E-state index contributed by atoms with van der Waals surface area (Å²) >= 11 is 0. The lowest BCUT2D eigenvalue weighted by atomic mass is 10.0. The van der Waals surface area contributed by atoms with E-state index in [2.05, 4.69) is 22.2 Å². The summed E-state index contributed by atoms with van der Waals surface area (Å²) in [7, 11) is 2.15. The van der Waals surface area contributed by atoms with Crippen LogP contribution >= 0.6 is 0 Å². The lowest BCUT2D eigenvalue weighted by Gasteiger charge is -2.42. The van der Waals surface area contributed by atoms with E-state index in [1.807, 2.05) is 0 Å². The molecule has 2 heterocycles. The number of hydrogen-bond donors (Lipinski definition) is 2. The van der Waals surface area contributed by atoms with Gasteiger partial charge in [0.1, 0.15) is 11.6 Å². The molecule has 0 aromatic heterocycles. The van der Waals surface area contributed by atoms with Crippen molar-refractivity contribution in [2.75, 3.05) is 52.9 Å². The van der Waals surface area contributed by atoms with E-state index in [1.54, 1.807) is 25.7 Å². The quantitative estimate of drug-likeness (QED) is 0.731. The summed E-state index contributed by atoms with van der Waals surface area (Å²) in [6, 6.07) is -0.364. The van der Waals surface area contributed by atoms with Gasteiger partial charge in [0, 0.05) is 32.2 Å². The van der Waals surface area contributed by atoms with Crippen LogP contribution in [0.15, 0.2) is 0 Å². The van der Waals surface area contributed by atoms with E-state index in [4.69, 9.17) is 4.74 Å². The van der Waals surface area contributed by atoms with Gasteiger partial charge < -0.3 is 25.0 Å². The van der Waals surface area contributed by atoms with Crippen molar-refractivity contribution >= 4 is 12.0 Å². The summed E-state index contributed by atoms with van der Waals surface area (Å²) in [5.74, 6) is -0.249. The fourth-order valence-corrected chi connectivity index (χ4v) is 3.52. The number of aliphatic hydroxyl groups excluding tert-OH is 1. The minimum absolute atomic E-state index is 0.249. The van der Waals surface area contributed by atoms with E-state index in [0.717, 1.165) is 26.2 Å². The highest BCUT2D eigenvalue weighted by Gasteiger charge is 2.32. The third kappa shape index (κ3) is 6.10. The molecular weight excluding hydrogens is 336 g/mol. The number of carbonyl (C=O) groups excluding carboxylic acids is 2. The van der Waals surface area contributed by atoms with Crippen molar-refractivity contribution in [2.24, 2.45) is 0 Å². The van der Waals surface area contributed by atoms with Crippen LogP contribution in [-0.4, -0.2) is 102 Å². The average molecular weight is 370 g/mol. The molecule has 2 aliphatic heterocycles. The molecule has 0 spiro atoms. The summed E-state index contributed by atoms with van der Waals surface area (Å²) < 4.78 is 5.17. The van der Waals surface area contributed by atoms with Crippen LogP contribution in [0.5, 0.6) is 0 Å². The number of likely N-dealkylation sites (tertiary alicyclic amines) is 1. The number of amides is 2. The van der Waals surface area contributed by atoms with Crippen molar-refractivity contribution in [1.82, 2.24) is 20.0 Å². The predicted molar refractivity (Wildman–Crippen MR) is 98.9 cm³/mol. The molecule has 1 atom stereocenters. The van der Waals surface area contributed by atoms with Crippen LogP contribution in [0.3, 0.4) is 0 Å². The summed E-state index contributed by atoms with van der Waals surface area (Å²) in [5.41, 5.74) is -0.646. The second kappa shape index (κ2) is 9.01. The number of rotatable bonds is 4. The number of carbonyl (C=O) groups is 2. The van der Waals surface area contributed by atoms with Crippen LogP contribution in [0.1, 0.15) is 33.6 Å². The molecule has 26 heavy (non-hydrogen) atoms. The van der Waals surface area contributed by atoms with E-state index in [-0.39, 0.29) is 5.91 Å². The molecule has 0 saturated carbocycles. The highest BCUT2D eigenvalue weighted by atomic mass is 16.6. The molecule has 0 aromatic carbocycles. The van der Waals surface area contributed by atoms with Crippen LogP contribution in [0, 0.1) is 0 Å². The van der Waals surface area contributed by atoms with Crippen molar-refractivity contribution in [2.45, 2.75) is 51.3 Å². The van der Waals surface area contributed by atoms with E-state index in [0.29, 0.717) is 19.1 Å². The minimum Gasteiger partial charge on any atom is -0.444 e. The molecule has 2 fully saturated rings. The van der Waals surface area contributed by atoms with Crippen molar-refractivity contribution in [3.63, 3.8) is 0 Å². The van der Waals surface area contributed by atoms with Crippen molar-refractivity contribution in [3.8, 4) is 0 Å². The van der Waals surface area contributed by atoms with Gasteiger partial charge in [-0.1, -0.05) is 0 Å². The first-order valence-corrected chi connectivity index (χ1v) is 9.51. The third-order valence-electron chi connectivity index (χ3n) is 5.00. The highest BCUT2D eigenvalue weighted by molar-refractivity contribution is 5.86. The van der Waals surface area contributed by atoms with Gasteiger partial charge in [-0.15, -0.1) is 0 Å². The third-order valence-corrected chi connectivity index (χ3v) is 5.00. The Hall–Kier alpha value is -1.38. The van der Waals surface area contributed by atoms with E-state index in [9.17, 15) is 14.7 Å². The zero-order valence-corrected chi connectivity index (χ0v) is 16.5. The SMILES string of the molecule is CN1CCC(N2CCN(C(=O)[C@@H](CO)NC(=O)OC(C)(C)C)CC2)CC1. The summed E-state index contributed by atoms with van der Waals surface area (Å²) in [6.45, 7) is 9.99. The van der Waals surface area contributed by atoms with Gasteiger partial charge in [-0.25, -0.2) is 4.79 Å². The Labute approximate surface area is 156 Å². The normalized spacial score (nSPS) is 22.1. The van der Waals surface area contributed by atoms with Crippen molar-refractivity contribution in [3.05, 3.63) is 0 Å². The number of alkyl carbamates (subject to hydrolysis) is 1. The Balaban J connectivity index is 1.81. The number of nitrogens with zero attached hydrogens (tertiary/aromatic N) is 3. The Morgan fingerprint density at radius 2 is 1.69 bits per heavy atom. The molecule has 0 unspecified atom stereocenters. The van der Waals surface area contributed by atoms with Gasteiger partial charge in [0.15, 0.2) is 0 Å².